The quantitative estimate of drug-likeness (QED) is 0.473. The Morgan fingerprint density at radius 1 is 0.966 bits per heavy atom. The summed E-state index contributed by atoms with van der Waals surface area (Å²) >= 11 is 0. The van der Waals surface area contributed by atoms with Gasteiger partial charge >= 0.3 is 26.2 Å². The second kappa shape index (κ2) is 9.95. The minimum absolute atomic E-state index is 0. The maximum absolute atomic E-state index is 2.49. The summed E-state index contributed by atoms with van der Waals surface area (Å²) in [6.07, 6.45) is 8.35. The molecule has 0 radical (unpaired) electrons. The molecule has 150 valence electrons. The van der Waals surface area contributed by atoms with Gasteiger partial charge in [-0.3, -0.25) is 0 Å². The summed E-state index contributed by atoms with van der Waals surface area (Å²) in [6.45, 7) is 11.3. The third-order valence-electron chi connectivity index (χ3n) is 5.84. The van der Waals surface area contributed by atoms with Crippen molar-refractivity contribution in [2.75, 3.05) is 0 Å². The van der Waals surface area contributed by atoms with Gasteiger partial charge in [0, 0.05) is 11.3 Å². The number of hydrogen-bond donors (Lipinski definition) is 0. The molecule has 0 nitrogen and oxygen atoms in total. The predicted molar refractivity (Wildman–Crippen MR) is 112 cm³/mol. The smallest absolute Gasteiger partial charge is 1.00 e. The molecular weight excluding hydrogens is 474 g/mol. The third-order valence-corrected chi connectivity index (χ3v) is 5.84. The Hall–Kier alpha value is -0.877. The molecule has 0 spiro atoms. The molecule has 0 fully saturated rings. The van der Waals surface area contributed by atoms with E-state index in [4.69, 9.17) is 0 Å². The summed E-state index contributed by atoms with van der Waals surface area (Å²) in [7, 11) is 0. The predicted octanol–water partition coefficient (Wildman–Crippen LogP) is 1.23. The summed E-state index contributed by atoms with van der Waals surface area (Å²) in [5.41, 5.74) is 11.7. The molecule has 2 aromatic rings. The van der Waals surface area contributed by atoms with Crippen molar-refractivity contribution in [1.82, 2.24) is 0 Å². The minimum Gasteiger partial charge on any atom is -1.00 e. The van der Waals surface area contributed by atoms with Crippen LogP contribution in [0.3, 0.4) is 0 Å². The van der Waals surface area contributed by atoms with Crippen LogP contribution < -0.4 is 24.8 Å². The van der Waals surface area contributed by atoms with Crippen LogP contribution in [0, 0.1) is 5.41 Å². The summed E-state index contributed by atoms with van der Waals surface area (Å²) in [6, 6.07) is 15.7. The number of rotatable bonds is 3. The number of hydrogen-bond acceptors (Lipinski definition) is 0. The van der Waals surface area contributed by atoms with E-state index in [0.29, 0.717) is 5.92 Å². The summed E-state index contributed by atoms with van der Waals surface area (Å²) < 4.78 is 0. The van der Waals surface area contributed by atoms with E-state index in [1.54, 1.807) is 0 Å². The second-order valence-corrected chi connectivity index (χ2v) is 8.64. The summed E-state index contributed by atoms with van der Waals surface area (Å²) in [5.74, 6) is 0.402. The fourth-order valence-electron chi connectivity index (χ4n) is 4.71. The van der Waals surface area contributed by atoms with Crippen molar-refractivity contribution < 1.29 is 51.0 Å². The van der Waals surface area contributed by atoms with Gasteiger partial charge in [0.25, 0.3) is 0 Å². The molecular formula is C26H28Cl2Zr. The van der Waals surface area contributed by atoms with Gasteiger partial charge < -0.3 is 24.8 Å². The zero-order valence-corrected chi connectivity index (χ0v) is 21.8. The maximum atomic E-state index is 2.49. The fraction of sp³-hybridized carbons (Fsp3) is 0.308. The Bertz CT molecular complexity index is 976. The van der Waals surface area contributed by atoms with Crippen LogP contribution in [0.15, 0.2) is 77.4 Å². The fourth-order valence-corrected chi connectivity index (χ4v) is 4.71. The normalized spacial score (nSPS) is 16.2. The molecule has 4 rings (SSSR count). The van der Waals surface area contributed by atoms with Crippen molar-refractivity contribution >= 4 is 0 Å². The molecule has 0 heterocycles. The van der Waals surface area contributed by atoms with Gasteiger partial charge in [0.15, 0.2) is 0 Å². The second-order valence-electron chi connectivity index (χ2n) is 8.64. The average Bonchev–Trinajstić information content (AvgIpc) is 3.14. The van der Waals surface area contributed by atoms with Crippen molar-refractivity contribution in [3.05, 3.63) is 94.1 Å². The van der Waals surface area contributed by atoms with Crippen molar-refractivity contribution in [2.24, 2.45) is 5.41 Å². The molecule has 2 aliphatic rings. The van der Waals surface area contributed by atoms with E-state index in [1.165, 1.54) is 44.5 Å². The van der Waals surface area contributed by atoms with Gasteiger partial charge in [-0.05, 0) is 60.6 Å². The van der Waals surface area contributed by atoms with Crippen LogP contribution in [-0.4, -0.2) is 0 Å². The Kier molecular flexibility index (Phi) is 8.98. The minimum atomic E-state index is 0. The van der Waals surface area contributed by atoms with Gasteiger partial charge in [-0.15, -0.1) is 0 Å². The van der Waals surface area contributed by atoms with Gasteiger partial charge in [-0.25, -0.2) is 0 Å². The molecule has 29 heavy (non-hydrogen) atoms. The van der Waals surface area contributed by atoms with Crippen LogP contribution in [0.5, 0.6) is 0 Å². The Balaban J connectivity index is 0.00000140. The molecule has 0 amide bonds. The van der Waals surface area contributed by atoms with E-state index in [2.05, 4.69) is 95.3 Å². The first-order valence-electron chi connectivity index (χ1n) is 9.63. The first-order valence-corrected chi connectivity index (χ1v) is 9.63. The maximum Gasteiger partial charge on any atom is 2.00 e. The molecule has 1 atom stereocenters. The van der Waals surface area contributed by atoms with E-state index >= 15 is 0 Å². The van der Waals surface area contributed by atoms with Crippen LogP contribution >= 0.6 is 0 Å². The Labute approximate surface area is 207 Å². The molecule has 0 aromatic heterocycles. The van der Waals surface area contributed by atoms with Gasteiger partial charge in [-0.2, -0.15) is 0 Å². The molecule has 2 aromatic carbocycles. The van der Waals surface area contributed by atoms with E-state index in [9.17, 15) is 0 Å². The molecule has 2 aliphatic carbocycles. The monoisotopic (exact) mass is 500 g/mol. The van der Waals surface area contributed by atoms with Crippen molar-refractivity contribution in [2.45, 2.75) is 47.0 Å². The molecule has 1 unspecified atom stereocenters. The topological polar surface area (TPSA) is 0 Å². The van der Waals surface area contributed by atoms with Crippen LogP contribution in [-0.2, 0) is 32.6 Å². The SMILES string of the molecule is CC(C)=CC(C)(C)C1=CC(c2cccc3c2Cc2ccccc2-3)C(C)=C1.[Cl-].[Cl-].[Zr+2]. The average molecular weight is 503 g/mol. The first kappa shape index (κ1) is 26.2. The van der Waals surface area contributed by atoms with Crippen molar-refractivity contribution in [1.29, 1.82) is 0 Å². The Morgan fingerprint density at radius 2 is 1.62 bits per heavy atom. The molecule has 0 saturated heterocycles. The van der Waals surface area contributed by atoms with Crippen molar-refractivity contribution in [3.8, 4) is 11.1 Å². The van der Waals surface area contributed by atoms with Gasteiger partial charge in [0.2, 0.25) is 0 Å². The summed E-state index contributed by atoms with van der Waals surface area (Å²) in [5, 5.41) is 0. The van der Waals surface area contributed by atoms with E-state index in [0.717, 1.165) is 6.42 Å². The molecule has 3 heteroatoms. The van der Waals surface area contributed by atoms with Gasteiger partial charge in [0.05, 0.1) is 0 Å². The number of halogens is 2. The molecule has 0 N–H and O–H groups in total. The van der Waals surface area contributed by atoms with Gasteiger partial charge in [0.1, 0.15) is 0 Å². The van der Waals surface area contributed by atoms with Crippen LogP contribution in [0.4, 0.5) is 0 Å². The van der Waals surface area contributed by atoms with E-state index in [1.807, 2.05) is 0 Å². The Morgan fingerprint density at radius 3 is 2.31 bits per heavy atom. The standard InChI is InChI=1S/C26H28.2ClH.Zr/c1-17(2)16-26(4,5)20-13-18(3)24(15-20)23-12-8-11-22-21-10-7-6-9-19(21)14-25(22)23;;;/h6-13,15-16,24H,14H2,1-5H3;2*1H;/q;;;+2/p-2. The molecule has 0 aliphatic heterocycles. The zero-order chi connectivity index (χ0) is 18.5. The third kappa shape index (κ3) is 4.90. The van der Waals surface area contributed by atoms with E-state index < -0.39 is 0 Å². The van der Waals surface area contributed by atoms with Gasteiger partial charge in [-0.1, -0.05) is 85.7 Å². The largest absolute Gasteiger partial charge is 2.00 e. The molecule has 0 bridgehead atoms. The van der Waals surface area contributed by atoms with Crippen LogP contribution in [0.2, 0.25) is 0 Å². The zero-order valence-electron chi connectivity index (χ0n) is 17.8. The summed E-state index contributed by atoms with van der Waals surface area (Å²) in [4.78, 5) is 0. The van der Waals surface area contributed by atoms with Crippen molar-refractivity contribution in [3.63, 3.8) is 0 Å². The van der Waals surface area contributed by atoms with Crippen LogP contribution in [0.1, 0.15) is 57.2 Å². The first-order chi connectivity index (χ1) is 12.4. The number of fused-ring (bicyclic) bond motifs is 3. The number of benzene rings is 2. The van der Waals surface area contributed by atoms with E-state index in [-0.39, 0.29) is 56.4 Å². The van der Waals surface area contributed by atoms with Crippen LogP contribution in [0.25, 0.3) is 11.1 Å². The number of allylic oxidation sites excluding steroid dienone is 6. The molecule has 0 saturated carbocycles.